The number of nitrogens with one attached hydrogen (secondary N) is 2. The molecular weight excluding hydrogens is 424 g/mol. The second-order valence-electron chi connectivity index (χ2n) is 8.40. The third-order valence-electron chi connectivity index (χ3n) is 6.50. The first kappa shape index (κ1) is 22.3. The van der Waals surface area contributed by atoms with E-state index in [0.717, 1.165) is 28.6 Å². The first-order valence-corrected chi connectivity index (χ1v) is 10.8. The van der Waals surface area contributed by atoms with Crippen LogP contribution in [0.2, 0.25) is 0 Å². The summed E-state index contributed by atoms with van der Waals surface area (Å²) in [6, 6.07) is 12.5. The molecule has 0 aliphatic carbocycles. The van der Waals surface area contributed by atoms with Crippen LogP contribution in [0.5, 0.6) is 0 Å². The Morgan fingerprint density at radius 2 is 1.94 bits per heavy atom. The Morgan fingerprint density at radius 3 is 2.70 bits per heavy atom. The quantitative estimate of drug-likeness (QED) is 0.526. The number of fused-ring (bicyclic) bond motifs is 5. The number of rotatable bonds is 3. The number of aromatic amines is 1. The van der Waals surface area contributed by atoms with Crippen molar-refractivity contribution < 1.29 is 19.5 Å². The van der Waals surface area contributed by atoms with Crippen LogP contribution in [0.15, 0.2) is 53.5 Å². The van der Waals surface area contributed by atoms with Crippen molar-refractivity contribution >= 4 is 29.2 Å². The zero-order valence-electron chi connectivity index (χ0n) is 18.2. The van der Waals surface area contributed by atoms with Gasteiger partial charge in [-0.05, 0) is 30.2 Å². The van der Waals surface area contributed by atoms with Crippen LogP contribution in [0.4, 0.5) is 0 Å². The van der Waals surface area contributed by atoms with Crippen molar-refractivity contribution in [3.8, 4) is 0 Å². The summed E-state index contributed by atoms with van der Waals surface area (Å²) in [6.45, 7) is 2.79. The summed E-state index contributed by atoms with van der Waals surface area (Å²) in [6.07, 6.45) is 2.68. The van der Waals surface area contributed by atoms with Crippen molar-refractivity contribution in [2.75, 3.05) is 13.1 Å². The minimum absolute atomic E-state index is 0.00900. The number of carbonyl (C=O) groups excluding carboxylic acids is 2. The Morgan fingerprint density at radius 1 is 1.18 bits per heavy atom. The van der Waals surface area contributed by atoms with Gasteiger partial charge in [0.05, 0.1) is 0 Å². The molecular formula is C24H26N4O5. The normalized spacial score (nSPS) is 20.9. The summed E-state index contributed by atoms with van der Waals surface area (Å²) in [5.74, 6) is -0.164. The molecule has 2 aromatic heterocycles. The maximum atomic E-state index is 13.4. The molecule has 1 fully saturated rings. The summed E-state index contributed by atoms with van der Waals surface area (Å²) < 4.78 is 1.66. The highest BCUT2D eigenvalue weighted by Gasteiger charge is 2.44. The average Bonchev–Trinajstić information content (AvgIpc) is 3.28. The first-order valence-electron chi connectivity index (χ1n) is 10.8. The maximum Gasteiger partial charge on any atom is 0.290 e. The summed E-state index contributed by atoms with van der Waals surface area (Å²) in [5.41, 5.74) is 2.72. The number of aromatic nitrogens is 2. The van der Waals surface area contributed by atoms with Crippen molar-refractivity contribution in [1.82, 2.24) is 19.8 Å². The van der Waals surface area contributed by atoms with Gasteiger partial charge in [-0.15, -0.1) is 0 Å². The van der Waals surface area contributed by atoms with Crippen molar-refractivity contribution in [3.05, 3.63) is 70.3 Å². The summed E-state index contributed by atoms with van der Waals surface area (Å²) in [7, 11) is 0. The molecule has 2 aliphatic heterocycles. The van der Waals surface area contributed by atoms with Gasteiger partial charge < -0.3 is 20.3 Å². The summed E-state index contributed by atoms with van der Waals surface area (Å²) in [5, 5.41) is 11.0. The molecule has 9 heteroatoms. The Bertz CT molecular complexity index is 1250. The number of piperidine rings is 1. The molecule has 33 heavy (non-hydrogen) atoms. The molecule has 3 atom stereocenters. The molecule has 0 unspecified atom stereocenters. The van der Waals surface area contributed by atoms with Gasteiger partial charge in [0.25, 0.3) is 12.0 Å². The fraction of sp³-hybridized carbons (Fsp3) is 0.333. The number of pyridine rings is 1. The molecule has 2 amide bonds. The lowest BCUT2D eigenvalue weighted by atomic mass is 9.78. The molecule has 0 spiro atoms. The monoisotopic (exact) mass is 450 g/mol. The van der Waals surface area contributed by atoms with Crippen molar-refractivity contribution in [3.63, 3.8) is 0 Å². The van der Waals surface area contributed by atoms with E-state index in [1.807, 2.05) is 36.5 Å². The highest BCUT2D eigenvalue weighted by Crippen LogP contribution is 2.41. The minimum atomic E-state index is -0.613. The Labute approximate surface area is 190 Å². The van der Waals surface area contributed by atoms with E-state index in [0.29, 0.717) is 19.6 Å². The fourth-order valence-electron chi connectivity index (χ4n) is 5.12. The van der Waals surface area contributed by atoms with E-state index in [9.17, 15) is 14.4 Å². The van der Waals surface area contributed by atoms with Crippen molar-refractivity contribution in [2.24, 2.45) is 5.92 Å². The second-order valence-corrected chi connectivity index (χ2v) is 8.40. The van der Waals surface area contributed by atoms with Crippen LogP contribution in [-0.2, 0) is 20.9 Å². The number of carboxylic acid groups (broad SMARTS) is 1. The molecule has 1 saturated heterocycles. The maximum absolute atomic E-state index is 13.4. The number of benzene rings is 1. The van der Waals surface area contributed by atoms with Gasteiger partial charge in [-0.3, -0.25) is 23.7 Å². The number of carbonyl (C=O) groups is 3. The SMILES string of the molecule is CC(=O)N1C[C@H]2C[C@@H](C1)[C@H](C(=O)NCc1cccc3[nH]ccc13)n1c2cccc1=O.O=CO. The molecule has 9 nitrogen and oxygen atoms in total. The van der Waals surface area contributed by atoms with Gasteiger partial charge in [-0.1, -0.05) is 18.2 Å². The lowest BCUT2D eigenvalue weighted by molar-refractivity contribution is -0.135. The van der Waals surface area contributed by atoms with Crippen molar-refractivity contribution in [2.45, 2.75) is 31.8 Å². The Balaban J connectivity index is 0.000000821. The molecule has 0 radical (unpaired) electrons. The van der Waals surface area contributed by atoms with Crippen LogP contribution in [0, 0.1) is 5.92 Å². The molecule has 0 saturated carbocycles. The lowest BCUT2D eigenvalue weighted by Crippen LogP contribution is -2.54. The van der Waals surface area contributed by atoms with E-state index < -0.39 is 6.04 Å². The highest BCUT2D eigenvalue weighted by molar-refractivity contribution is 5.85. The van der Waals surface area contributed by atoms with Crippen LogP contribution in [-0.4, -0.2) is 50.9 Å². The molecule has 3 aromatic rings. The Hall–Kier alpha value is -3.88. The van der Waals surface area contributed by atoms with Gasteiger partial charge in [-0.2, -0.15) is 0 Å². The lowest BCUT2D eigenvalue weighted by Gasteiger charge is -2.46. The van der Waals surface area contributed by atoms with Crippen LogP contribution in [0.1, 0.15) is 36.6 Å². The van der Waals surface area contributed by atoms with E-state index in [2.05, 4.69) is 10.3 Å². The number of nitrogens with zero attached hydrogens (tertiary/aromatic N) is 2. The fourth-order valence-corrected chi connectivity index (χ4v) is 5.12. The topological polar surface area (TPSA) is 124 Å². The predicted octanol–water partition coefficient (Wildman–Crippen LogP) is 1.85. The van der Waals surface area contributed by atoms with Gasteiger partial charge >= 0.3 is 0 Å². The van der Waals surface area contributed by atoms with Gasteiger partial charge in [0.1, 0.15) is 6.04 Å². The number of H-pyrrole nitrogens is 1. The van der Waals surface area contributed by atoms with Crippen molar-refractivity contribution in [1.29, 1.82) is 0 Å². The highest BCUT2D eigenvalue weighted by atomic mass is 16.3. The predicted molar refractivity (Wildman–Crippen MR) is 122 cm³/mol. The molecule has 172 valence electrons. The minimum Gasteiger partial charge on any atom is -0.483 e. The largest absolute Gasteiger partial charge is 0.483 e. The van der Waals surface area contributed by atoms with E-state index in [1.54, 1.807) is 22.5 Å². The third-order valence-corrected chi connectivity index (χ3v) is 6.50. The van der Waals surface area contributed by atoms with Crippen LogP contribution in [0.3, 0.4) is 0 Å². The number of amides is 2. The smallest absolute Gasteiger partial charge is 0.290 e. The molecule has 2 bridgehead atoms. The van der Waals surface area contributed by atoms with Gasteiger partial charge in [0, 0.05) is 67.3 Å². The van der Waals surface area contributed by atoms with Crippen LogP contribution < -0.4 is 10.9 Å². The zero-order chi connectivity index (χ0) is 23.5. The van der Waals surface area contributed by atoms with E-state index in [-0.39, 0.29) is 35.7 Å². The Kier molecular flexibility index (Phi) is 6.30. The molecule has 5 rings (SSSR count). The number of likely N-dealkylation sites (tertiary alicyclic amines) is 1. The standard InChI is InChI=1S/C23H24N4O3.CH2O2/c1-14(28)26-12-16-10-17(13-26)22(27-20(16)6-3-7-21(27)29)23(30)25-11-15-4-2-5-19-18(15)8-9-24-19;2-1-3/h2-9,16-17,22,24H,10-13H2,1H3,(H,25,30);1H,(H,2,3)/t16-,17+,22-;/m1./s1. The molecule has 4 heterocycles. The average molecular weight is 450 g/mol. The summed E-state index contributed by atoms with van der Waals surface area (Å²) >= 11 is 0. The summed E-state index contributed by atoms with van der Waals surface area (Å²) in [4.78, 5) is 51.5. The number of hydrogen-bond donors (Lipinski definition) is 3. The molecule has 1 aromatic carbocycles. The zero-order valence-corrected chi connectivity index (χ0v) is 18.2. The van der Waals surface area contributed by atoms with Crippen LogP contribution >= 0.6 is 0 Å². The van der Waals surface area contributed by atoms with Gasteiger partial charge in [0.15, 0.2) is 0 Å². The van der Waals surface area contributed by atoms with Crippen LogP contribution in [0.25, 0.3) is 10.9 Å². The third kappa shape index (κ3) is 4.26. The number of hydrogen-bond acceptors (Lipinski definition) is 4. The van der Waals surface area contributed by atoms with E-state index >= 15 is 0 Å². The first-order chi connectivity index (χ1) is 15.9. The second kappa shape index (κ2) is 9.32. The van der Waals surface area contributed by atoms with Gasteiger partial charge in [0.2, 0.25) is 11.8 Å². The molecule has 2 aliphatic rings. The van der Waals surface area contributed by atoms with E-state index in [1.165, 1.54) is 6.07 Å². The molecule has 3 N–H and O–H groups in total. The van der Waals surface area contributed by atoms with E-state index in [4.69, 9.17) is 9.90 Å². The van der Waals surface area contributed by atoms with Gasteiger partial charge in [-0.25, -0.2) is 0 Å².